The Morgan fingerprint density at radius 3 is 2.67 bits per heavy atom. The smallest absolute Gasteiger partial charge is 0.226 e. The third-order valence-electron chi connectivity index (χ3n) is 2.83. The third kappa shape index (κ3) is 5.14. The number of thiazole rings is 1. The van der Waals surface area contributed by atoms with Gasteiger partial charge in [-0.05, 0) is 32.7 Å². The summed E-state index contributed by atoms with van der Waals surface area (Å²) in [7, 11) is 0. The van der Waals surface area contributed by atoms with Crippen molar-refractivity contribution in [3.63, 3.8) is 0 Å². The normalized spacial score (nSPS) is 10.6. The van der Waals surface area contributed by atoms with Crippen molar-refractivity contribution in [1.82, 2.24) is 4.98 Å². The van der Waals surface area contributed by atoms with Crippen LogP contribution in [-0.4, -0.2) is 17.4 Å². The van der Waals surface area contributed by atoms with Crippen LogP contribution in [-0.2, 0) is 11.2 Å². The van der Waals surface area contributed by atoms with Crippen LogP contribution in [0.1, 0.15) is 49.6 Å². The van der Waals surface area contributed by atoms with E-state index in [0.717, 1.165) is 49.5 Å². The minimum atomic E-state index is 0.0687. The molecule has 0 aromatic carbocycles. The van der Waals surface area contributed by atoms with Gasteiger partial charge in [0.1, 0.15) is 0 Å². The van der Waals surface area contributed by atoms with Crippen molar-refractivity contribution in [2.45, 2.75) is 52.4 Å². The molecule has 1 aromatic rings. The number of hydrogen-bond donors (Lipinski definition) is 2. The lowest BCUT2D eigenvalue weighted by atomic mass is 10.1. The molecular weight excluding hydrogens is 246 g/mol. The van der Waals surface area contributed by atoms with Gasteiger partial charge in [0.2, 0.25) is 5.91 Å². The van der Waals surface area contributed by atoms with E-state index in [-0.39, 0.29) is 5.91 Å². The molecule has 0 saturated heterocycles. The Kier molecular flexibility index (Phi) is 6.90. The average molecular weight is 269 g/mol. The monoisotopic (exact) mass is 269 g/mol. The van der Waals surface area contributed by atoms with Crippen LogP contribution in [0.4, 0.5) is 5.13 Å². The molecule has 0 saturated carbocycles. The first kappa shape index (κ1) is 15.1. The Morgan fingerprint density at radius 2 is 2.06 bits per heavy atom. The molecule has 0 atom stereocenters. The van der Waals surface area contributed by atoms with Crippen LogP contribution in [0, 0.1) is 6.92 Å². The van der Waals surface area contributed by atoms with Gasteiger partial charge in [0.25, 0.3) is 0 Å². The van der Waals surface area contributed by atoms with E-state index in [1.807, 2.05) is 6.92 Å². The predicted molar refractivity (Wildman–Crippen MR) is 77.0 cm³/mol. The maximum atomic E-state index is 11.7. The molecule has 0 spiro atoms. The van der Waals surface area contributed by atoms with E-state index in [0.29, 0.717) is 6.42 Å². The van der Waals surface area contributed by atoms with Gasteiger partial charge in [-0.3, -0.25) is 4.79 Å². The molecule has 18 heavy (non-hydrogen) atoms. The van der Waals surface area contributed by atoms with Crippen molar-refractivity contribution in [1.29, 1.82) is 0 Å². The standard InChI is InChI=1S/C13H23N3OS/c1-3-11-10(2)18-13(15-11)16-12(17)8-6-4-5-7-9-14/h3-9,14H2,1-2H3,(H,15,16,17). The molecule has 0 aliphatic heterocycles. The van der Waals surface area contributed by atoms with Gasteiger partial charge in [0.05, 0.1) is 5.69 Å². The summed E-state index contributed by atoms with van der Waals surface area (Å²) in [5.41, 5.74) is 6.50. The molecule has 1 heterocycles. The molecule has 102 valence electrons. The lowest BCUT2D eigenvalue weighted by Crippen LogP contribution is -2.11. The van der Waals surface area contributed by atoms with Crippen molar-refractivity contribution in [2.75, 3.05) is 11.9 Å². The lowest BCUT2D eigenvalue weighted by Gasteiger charge is -2.01. The van der Waals surface area contributed by atoms with Gasteiger partial charge < -0.3 is 11.1 Å². The largest absolute Gasteiger partial charge is 0.330 e. The van der Waals surface area contributed by atoms with Crippen LogP contribution in [0.5, 0.6) is 0 Å². The van der Waals surface area contributed by atoms with Crippen LogP contribution < -0.4 is 11.1 Å². The molecule has 4 nitrogen and oxygen atoms in total. The summed E-state index contributed by atoms with van der Waals surface area (Å²) in [6, 6.07) is 0. The van der Waals surface area contributed by atoms with Crippen molar-refractivity contribution in [3.8, 4) is 0 Å². The minimum absolute atomic E-state index is 0.0687. The Bertz CT molecular complexity index is 376. The Balaban J connectivity index is 2.26. The molecule has 0 radical (unpaired) electrons. The highest BCUT2D eigenvalue weighted by Gasteiger charge is 2.08. The van der Waals surface area contributed by atoms with E-state index in [4.69, 9.17) is 5.73 Å². The fraction of sp³-hybridized carbons (Fsp3) is 0.692. The van der Waals surface area contributed by atoms with Crippen LogP contribution in [0.2, 0.25) is 0 Å². The van der Waals surface area contributed by atoms with E-state index in [1.165, 1.54) is 4.88 Å². The number of nitrogens with one attached hydrogen (secondary N) is 1. The molecular formula is C13H23N3OS. The number of anilines is 1. The SMILES string of the molecule is CCc1nc(NC(=O)CCCCCCN)sc1C. The fourth-order valence-electron chi connectivity index (χ4n) is 1.77. The molecule has 1 amide bonds. The third-order valence-corrected chi connectivity index (χ3v) is 3.76. The number of amides is 1. The number of hydrogen-bond acceptors (Lipinski definition) is 4. The summed E-state index contributed by atoms with van der Waals surface area (Å²) in [6.07, 6.45) is 5.65. The van der Waals surface area contributed by atoms with Crippen LogP contribution in [0.3, 0.4) is 0 Å². The summed E-state index contributed by atoms with van der Waals surface area (Å²) < 4.78 is 0. The highest BCUT2D eigenvalue weighted by Crippen LogP contribution is 2.22. The number of nitrogens with zero attached hydrogens (tertiary/aromatic N) is 1. The first-order chi connectivity index (χ1) is 8.67. The number of carbonyl (C=O) groups is 1. The predicted octanol–water partition coefficient (Wildman–Crippen LogP) is 2.86. The molecule has 0 bridgehead atoms. The second-order valence-corrected chi connectivity index (χ2v) is 5.58. The van der Waals surface area contributed by atoms with E-state index in [1.54, 1.807) is 11.3 Å². The highest BCUT2D eigenvalue weighted by atomic mass is 32.1. The quantitative estimate of drug-likeness (QED) is 0.713. The molecule has 0 fully saturated rings. The van der Waals surface area contributed by atoms with Gasteiger partial charge >= 0.3 is 0 Å². The maximum absolute atomic E-state index is 11.7. The Morgan fingerprint density at radius 1 is 1.33 bits per heavy atom. The summed E-state index contributed by atoms with van der Waals surface area (Å²) in [5, 5.41) is 3.60. The van der Waals surface area contributed by atoms with Crippen molar-refractivity contribution in [2.24, 2.45) is 5.73 Å². The lowest BCUT2D eigenvalue weighted by molar-refractivity contribution is -0.116. The number of nitrogens with two attached hydrogens (primary N) is 1. The van der Waals surface area contributed by atoms with E-state index in [9.17, 15) is 4.79 Å². The zero-order chi connectivity index (χ0) is 13.4. The van der Waals surface area contributed by atoms with Crippen LogP contribution in [0.15, 0.2) is 0 Å². The second-order valence-electron chi connectivity index (χ2n) is 4.38. The highest BCUT2D eigenvalue weighted by molar-refractivity contribution is 7.15. The number of aromatic nitrogens is 1. The Hall–Kier alpha value is -0.940. The summed E-state index contributed by atoms with van der Waals surface area (Å²) in [4.78, 5) is 17.3. The number of rotatable bonds is 8. The molecule has 0 aliphatic carbocycles. The van der Waals surface area contributed by atoms with Gasteiger partial charge in [0.15, 0.2) is 5.13 Å². The molecule has 1 rings (SSSR count). The van der Waals surface area contributed by atoms with Crippen LogP contribution in [0.25, 0.3) is 0 Å². The molecule has 3 N–H and O–H groups in total. The molecule has 5 heteroatoms. The van der Waals surface area contributed by atoms with Gasteiger partial charge in [0, 0.05) is 11.3 Å². The zero-order valence-corrected chi connectivity index (χ0v) is 12.1. The number of unbranched alkanes of at least 4 members (excludes halogenated alkanes) is 3. The van der Waals surface area contributed by atoms with Gasteiger partial charge in [-0.25, -0.2) is 4.98 Å². The summed E-state index contributed by atoms with van der Waals surface area (Å²) >= 11 is 1.56. The second kappa shape index (κ2) is 8.21. The molecule has 0 aliphatic rings. The Labute approximate surface area is 113 Å². The minimum Gasteiger partial charge on any atom is -0.330 e. The number of carbonyl (C=O) groups excluding carboxylic acids is 1. The van der Waals surface area contributed by atoms with Crippen molar-refractivity contribution in [3.05, 3.63) is 10.6 Å². The molecule has 0 unspecified atom stereocenters. The van der Waals surface area contributed by atoms with Crippen molar-refractivity contribution >= 4 is 22.4 Å². The van der Waals surface area contributed by atoms with Crippen LogP contribution >= 0.6 is 11.3 Å². The average Bonchev–Trinajstić information content (AvgIpc) is 2.69. The zero-order valence-electron chi connectivity index (χ0n) is 11.3. The fourth-order valence-corrected chi connectivity index (χ4v) is 2.69. The summed E-state index contributed by atoms with van der Waals surface area (Å²) in [6.45, 7) is 4.86. The van der Waals surface area contributed by atoms with Gasteiger partial charge in [-0.2, -0.15) is 0 Å². The first-order valence-corrected chi connectivity index (χ1v) is 7.45. The maximum Gasteiger partial charge on any atom is 0.226 e. The summed E-state index contributed by atoms with van der Waals surface area (Å²) in [5.74, 6) is 0.0687. The van der Waals surface area contributed by atoms with Gasteiger partial charge in [-0.15, -0.1) is 11.3 Å². The van der Waals surface area contributed by atoms with Crippen molar-refractivity contribution < 1.29 is 4.79 Å². The van der Waals surface area contributed by atoms with E-state index >= 15 is 0 Å². The topological polar surface area (TPSA) is 68.0 Å². The first-order valence-electron chi connectivity index (χ1n) is 6.63. The van der Waals surface area contributed by atoms with E-state index < -0.39 is 0 Å². The molecule has 1 aromatic heterocycles. The van der Waals surface area contributed by atoms with Gasteiger partial charge in [-0.1, -0.05) is 19.8 Å². The number of aryl methyl sites for hydroxylation is 2. The van der Waals surface area contributed by atoms with E-state index in [2.05, 4.69) is 17.2 Å².